The van der Waals surface area contributed by atoms with Crippen LogP contribution in [-0.4, -0.2) is 102 Å². The van der Waals surface area contributed by atoms with Crippen LogP contribution in [0.25, 0.3) is 0 Å². The molecule has 260 valence electrons. The Labute approximate surface area is 295 Å². The van der Waals surface area contributed by atoms with Crippen LogP contribution in [0.1, 0.15) is 66.3 Å². The molecule has 0 spiro atoms. The summed E-state index contributed by atoms with van der Waals surface area (Å²) in [6.07, 6.45) is -0.278. The molecule has 3 atom stereocenters. The Morgan fingerprint density at radius 2 is 1.82 bits per heavy atom. The number of nitrogens with zero attached hydrogens (tertiary/aromatic N) is 5. The molecule has 1 N–H and O–H groups in total. The highest BCUT2D eigenvalue weighted by Crippen LogP contribution is 2.53. The minimum Gasteiger partial charge on any atom is -0.381 e. The van der Waals surface area contributed by atoms with E-state index in [1.54, 1.807) is 25.3 Å². The maximum atomic E-state index is 13.6. The third-order valence-corrected chi connectivity index (χ3v) is 12.1. The van der Waals surface area contributed by atoms with Crippen LogP contribution in [0, 0.1) is 26.7 Å². The van der Waals surface area contributed by atoms with E-state index in [9.17, 15) is 33.6 Å². The number of amides is 4. The van der Waals surface area contributed by atoms with Gasteiger partial charge in [0.2, 0.25) is 5.91 Å². The van der Waals surface area contributed by atoms with Crippen LogP contribution in [0.4, 0.5) is 4.79 Å². The lowest BCUT2D eigenvalue weighted by Gasteiger charge is -2.41. The molecule has 49 heavy (non-hydrogen) atoms. The van der Waals surface area contributed by atoms with Crippen molar-refractivity contribution in [1.29, 1.82) is 0 Å². The summed E-state index contributed by atoms with van der Waals surface area (Å²) in [6.45, 7) is 10.9. The van der Waals surface area contributed by atoms with Crippen molar-refractivity contribution >= 4 is 81.4 Å². The van der Waals surface area contributed by atoms with Crippen molar-refractivity contribution in [3.8, 4) is 0 Å². The smallest absolute Gasteiger partial charge is 0.340 e. The summed E-state index contributed by atoms with van der Waals surface area (Å²) in [5.74, 6) is -4.45. The van der Waals surface area contributed by atoms with E-state index >= 15 is 0 Å². The van der Waals surface area contributed by atoms with Crippen molar-refractivity contribution in [2.45, 2.75) is 70.7 Å². The number of oxime groups is 1. The number of Topliss-reactive ketones (excluding diaryl/α,β-unsaturated/α-hetero) is 4. The van der Waals surface area contributed by atoms with Crippen molar-refractivity contribution in [3.05, 3.63) is 49.9 Å². The van der Waals surface area contributed by atoms with Gasteiger partial charge in [-0.25, -0.2) is 14.8 Å². The highest BCUT2D eigenvalue weighted by Gasteiger charge is 2.64. The number of nitrogens with one attached hydrogen (secondary N) is 1. The first-order chi connectivity index (χ1) is 22.9. The number of thioether (sulfide) groups is 1. The first-order valence-corrected chi connectivity index (χ1v) is 17.5. The summed E-state index contributed by atoms with van der Waals surface area (Å²) in [7, 11) is 0. The fraction of sp³-hybridized carbons (Fsp3) is 0.469. The molecular formula is C32H35ClN6O8S2. The number of hydrazine groups is 1. The van der Waals surface area contributed by atoms with E-state index in [0.717, 1.165) is 22.3 Å². The molecule has 4 heterocycles. The molecular weight excluding hydrogens is 696 g/mol. The van der Waals surface area contributed by atoms with Crippen LogP contribution in [0.15, 0.2) is 22.7 Å². The molecule has 14 nitrogen and oxygen atoms in total. The summed E-state index contributed by atoms with van der Waals surface area (Å²) in [5, 5.41) is 6.79. The van der Waals surface area contributed by atoms with Crippen molar-refractivity contribution in [1.82, 2.24) is 25.2 Å². The van der Waals surface area contributed by atoms with Crippen LogP contribution >= 0.6 is 34.7 Å². The van der Waals surface area contributed by atoms with Crippen molar-refractivity contribution in [2.24, 2.45) is 11.1 Å². The molecule has 3 aliphatic rings. The average molecular weight is 731 g/mol. The van der Waals surface area contributed by atoms with Crippen molar-refractivity contribution in [3.63, 3.8) is 0 Å². The summed E-state index contributed by atoms with van der Waals surface area (Å²) < 4.78 is 0. The van der Waals surface area contributed by atoms with E-state index in [0.29, 0.717) is 10.6 Å². The quantitative estimate of drug-likeness (QED) is 0.112. The predicted molar refractivity (Wildman–Crippen MR) is 181 cm³/mol. The molecule has 0 radical (unpaired) electrons. The number of hydrogen-bond acceptors (Lipinski definition) is 12. The third kappa shape index (κ3) is 6.48. The standard InChI is InChI=1S/C32H35ClN6O8S2/c1-15-8-9-20(24(33)16(15)2)26(43)27(44)35-39-11-10-38(30(39)46)32(18(4)41)14-37-28(45)21(29(37)49-32)12-23(42)25(22-13-48-19(5)34-22)36-47-31(6,7)17(3)40/h8-9,13,21,29H,10-12,14H2,1-7H3,(H,35,44)/b36-25-/t21-,29-,32-/m1/s1. The molecule has 3 saturated heterocycles. The SMILES string of the molecule is CC(=O)C(C)(C)O/N=C(\C(=O)C[C@@H]1C(=O)N2C[C@@](C(C)=O)(N3CCN(NC(=O)C(=O)c4ccc(C)c(C)c4Cl)C3=O)S[C@H]12)c1csc(C)n1. The Balaban J connectivity index is 1.30. The number of aryl methyl sites for hydroxylation is 2. The van der Waals surface area contributed by atoms with Gasteiger partial charge in [-0.2, -0.15) is 0 Å². The van der Waals surface area contributed by atoms with Gasteiger partial charge in [-0.05, 0) is 65.7 Å². The minimum atomic E-state index is -1.49. The molecule has 17 heteroatoms. The lowest BCUT2D eigenvalue weighted by molar-refractivity contribution is -0.152. The van der Waals surface area contributed by atoms with E-state index < -0.39 is 51.1 Å². The lowest BCUT2D eigenvalue weighted by atomic mass is 9.90. The zero-order chi connectivity index (χ0) is 36.2. The van der Waals surface area contributed by atoms with Gasteiger partial charge in [0, 0.05) is 23.9 Å². The number of urea groups is 1. The average Bonchev–Trinajstić information content (AvgIpc) is 3.74. The van der Waals surface area contributed by atoms with Crippen molar-refractivity contribution in [2.75, 3.05) is 19.6 Å². The molecule has 0 unspecified atom stereocenters. The van der Waals surface area contributed by atoms with Gasteiger partial charge in [-0.15, -0.1) is 11.3 Å². The number of carbonyl (C=O) groups is 7. The van der Waals surface area contributed by atoms with Gasteiger partial charge in [-0.3, -0.25) is 39.1 Å². The van der Waals surface area contributed by atoms with Crippen LogP contribution in [0.3, 0.4) is 0 Å². The van der Waals surface area contributed by atoms with Gasteiger partial charge in [0.1, 0.15) is 5.69 Å². The largest absolute Gasteiger partial charge is 0.381 e. The van der Waals surface area contributed by atoms with E-state index in [-0.39, 0.29) is 59.7 Å². The minimum absolute atomic E-state index is 0.00644. The van der Waals surface area contributed by atoms with E-state index in [1.807, 2.05) is 6.92 Å². The zero-order valence-electron chi connectivity index (χ0n) is 27.9. The first kappa shape index (κ1) is 36.1. The molecule has 5 rings (SSSR count). The number of benzene rings is 1. The molecule has 2 aromatic rings. The second kappa shape index (κ2) is 13.3. The first-order valence-electron chi connectivity index (χ1n) is 15.3. The monoisotopic (exact) mass is 730 g/mol. The summed E-state index contributed by atoms with van der Waals surface area (Å²) in [6, 6.07) is 2.39. The number of fused-ring (bicyclic) bond motifs is 1. The second-order valence-electron chi connectivity index (χ2n) is 12.6. The maximum Gasteiger partial charge on any atom is 0.340 e. The second-order valence-corrected chi connectivity index (χ2v) is 15.5. The number of rotatable bonds is 12. The summed E-state index contributed by atoms with van der Waals surface area (Å²) in [4.78, 5) is 103. The number of β-lactam (4-membered cyclic amide) rings is 1. The van der Waals surface area contributed by atoms with Gasteiger partial charge < -0.3 is 9.74 Å². The molecule has 0 bridgehead atoms. The Morgan fingerprint density at radius 3 is 2.43 bits per heavy atom. The summed E-state index contributed by atoms with van der Waals surface area (Å²) in [5.41, 5.74) is 2.63. The van der Waals surface area contributed by atoms with E-state index in [1.165, 1.54) is 54.9 Å². The number of thiazole rings is 1. The molecule has 3 fully saturated rings. The van der Waals surface area contributed by atoms with Crippen LogP contribution < -0.4 is 5.43 Å². The zero-order valence-corrected chi connectivity index (χ0v) is 30.3. The number of hydrogen-bond donors (Lipinski definition) is 1. The van der Waals surface area contributed by atoms with Gasteiger partial charge in [-0.1, -0.05) is 34.6 Å². The fourth-order valence-corrected chi connectivity index (χ4v) is 8.21. The van der Waals surface area contributed by atoms with Crippen LogP contribution in [0.5, 0.6) is 0 Å². The highest BCUT2D eigenvalue weighted by molar-refractivity contribution is 8.02. The molecule has 0 aliphatic carbocycles. The van der Waals surface area contributed by atoms with E-state index in [4.69, 9.17) is 16.4 Å². The van der Waals surface area contributed by atoms with E-state index in [2.05, 4.69) is 15.6 Å². The number of halogens is 1. The third-order valence-electron chi connectivity index (χ3n) is 9.04. The van der Waals surface area contributed by atoms with Gasteiger partial charge in [0.05, 0.1) is 34.4 Å². The van der Waals surface area contributed by atoms with Crippen LogP contribution in [0.2, 0.25) is 5.02 Å². The molecule has 4 amide bonds. The van der Waals surface area contributed by atoms with Gasteiger partial charge in [0.25, 0.3) is 5.78 Å². The van der Waals surface area contributed by atoms with Gasteiger partial charge >= 0.3 is 11.9 Å². The number of ketones is 4. The fourth-order valence-electron chi connectivity index (χ4n) is 5.56. The van der Waals surface area contributed by atoms with Crippen molar-refractivity contribution < 1.29 is 38.4 Å². The summed E-state index contributed by atoms with van der Waals surface area (Å²) >= 11 is 8.70. The maximum absolute atomic E-state index is 13.6. The Morgan fingerprint density at radius 1 is 1.12 bits per heavy atom. The predicted octanol–water partition coefficient (Wildman–Crippen LogP) is 3.24. The Kier molecular flexibility index (Phi) is 9.80. The highest BCUT2D eigenvalue weighted by atomic mass is 35.5. The number of aromatic nitrogens is 1. The Bertz CT molecular complexity index is 1840. The normalized spacial score (nSPS) is 22.2. The molecule has 1 aromatic carbocycles. The molecule has 1 aromatic heterocycles. The molecule has 0 saturated carbocycles. The van der Waals surface area contributed by atoms with Crippen LogP contribution in [-0.2, 0) is 28.8 Å². The number of carbonyl (C=O) groups excluding carboxylic acids is 7. The topological polar surface area (TPSA) is 176 Å². The molecule has 3 aliphatic heterocycles. The lowest BCUT2D eigenvalue weighted by Crippen LogP contribution is -2.59. The Hall–Kier alpha value is -4.15. The van der Waals surface area contributed by atoms with Gasteiger partial charge in [0.15, 0.2) is 33.5 Å².